The molecule has 0 saturated heterocycles. The van der Waals surface area contributed by atoms with Gasteiger partial charge in [-0.3, -0.25) is 4.79 Å². The first-order chi connectivity index (χ1) is 8.87. The Kier molecular flexibility index (Phi) is 5.58. The minimum absolute atomic E-state index is 0.000459. The smallest absolute Gasteiger partial charge is 0.223 e. The van der Waals surface area contributed by atoms with Gasteiger partial charge < -0.3 is 15.8 Å². The standard InChI is InChI=1S/C11H17N3O4S/c12-9-1-3-10(4-2-9)18-7-5-11(15)14-6-8-19(13,16)17/h1-4H,5-8,12H2,(H,14,15)(H2,13,16,17). The maximum atomic E-state index is 11.3. The molecule has 106 valence electrons. The maximum Gasteiger partial charge on any atom is 0.223 e. The molecule has 0 saturated carbocycles. The van der Waals surface area contributed by atoms with E-state index in [0.29, 0.717) is 11.4 Å². The fraction of sp³-hybridized carbons (Fsp3) is 0.364. The molecule has 0 aliphatic carbocycles. The van der Waals surface area contributed by atoms with Crippen molar-refractivity contribution < 1.29 is 17.9 Å². The van der Waals surface area contributed by atoms with Gasteiger partial charge >= 0.3 is 0 Å². The van der Waals surface area contributed by atoms with E-state index in [1.54, 1.807) is 24.3 Å². The topological polar surface area (TPSA) is 125 Å². The quantitative estimate of drug-likeness (QED) is 0.580. The minimum Gasteiger partial charge on any atom is -0.493 e. The largest absolute Gasteiger partial charge is 0.493 e. The zero-order valence-electron chi connectivity index (χ0n) is 10.3. The summed E-state index contributed by atoms with van der Waals surface area (Å²) in [5.41, 5.74) is 6.15. The zero-order chi connectivity index (χ0) is 14.3. The Morgan fingerprint density at radius 1 is 1.26 bits per heavy atom. The van der Waals surface area contributed by atoms with Crippen LogP contribution in [0.3, 0.4) is 0 Å². The van der Waals surface area contributed by atoms with Crippen LogP contribution in [-0.4, -0.2) is 33.2 Å². The Bertz CT molecular complexity index is 513. The average molecular weight is 287 g/mol. The first-order valence-corrected chi connectivity index (χ1v) is 7.34. The fourth-order valence-corrected chi connectivity index (χ4v) is 1.63. The molecule has 0 aliphatic heterocycles. The highest BCUT2D eigenvalue weighted by Crippen LogP contribution is 2.12. The van der Waals surface area contributed by atoms with Crippen molar-refractivity contribution in [2.75, 3.05) is 24.6 Å². The van der Waals surface area contributed by atoms with Crippen molar-refractivity contribution in [3.63, 3.8) is 0 Å². The lowest BCUT2D eigenvalue weighted by Gasteiger charge is -2.07. The third kappa shape index (κ3) is 7.27. The van der Waals surface area contributed by atoms with Crippen LogP contribution in [0.25, 0.3) is 0 Å². The number of carbonyl (C=O) groups excluding carboxylic acids is 1. The second-order valence-corrected chi connectivity index (χ2v) is 5.62. The van der Waals surface area contributed by atoms with E-state index in [9.17, 15) is 13.2 Å². The maximum absolute atomic E-state index is 11.3. The molecular formula is C11H17N3O4S. The molecule has 19 heavy (non-hydrogen) atoms. The normalized spacial score (nSPS) is 11.0. The van der Waals surface area contributed by atoms with E-state index in [0.717, 1.165) is 0 Å². The number of anilines is 1. The number of amides is 1. The molecule has 0 atom stereocenters. The average Bonchev–Trinajstić information content (AvgIpc) is 2.30. The molecule has 1 amide bonds. The summed E-state index contributed by atoms with van der Waals surface area (Å²) in [5, 5.41) is 7.23. The molecular weight excluding hydrogens is 270 g/mol. The number of ether oxygens (including phenoxy) is 1. The van der Waals surface area contributed by atoms with Crippen molar-refractivity contribution in [1.29, 1.82) is 0 Å². The summed E-state index contributed by atoms with van der Waals surface area (Å²) in [6.45, 7) is 0.199. The molecule has 0 aliphatic rings. The second kappa shape index (κ2) is 6.95. The van der Waals surface area contributed by atoms with Crippen LogP contribution in [0.15, 0.2) is 24.3 Å². The number of hydrogen-bond donors (Lipinski definition) is 3. The molecule has 5 N–H and O–H groups in total. The van der Waals surface area contributed by atoms with Gasteiger partial charge in [0.05, 0.1) is 18.8 Å². The van der Waals surface area contributed by atoms with E-state index in [1.165, 1.54) is 0 Å². The van der Waals surface area contributed by atoms with Gasteiger partial charge in [-0.1, -0.05) is 0 Å². The number of carbonyl (C=O) groups is 1. The van der Waals surface area contributed by atoms with E-state index in [2.05, 4.69) is 5.32 Å². The fourth-order valence-electron chi connectivity index (χ4n) is 1.25. The molecule has 0 heterocycles. The third-order valence-electron chi connectivity index (χ3n) is 2.19. The van der Waals surface area contributed by atoms with Crippen LogP contribution < -0.4 is 20.9 Å². The van der Waals surface area contributed by atoms with E-state index >= 15 is 0 Å². The van der Waals surface area contributed by atoms with Crippen molar-refractivity contribution in [2.24, 2.45) is 5.14 Å². The Morgan fingerprint density at radius 2 is 1.89 bits per heavy atom. The number of sulfonamides is 1. The van der Waals surface area contributed by atoms with Gasteiger partial charge in [0.2, 0.25) is 15.9 Å². The summed E-state index contributed by atoms with van der Waals surface area (Å²) in [7, 11) is -3.55. The van der Waals surface area contributed by atoms with Gasteiger partial charge in [-0.05, 0) is 24.3 Å². The molecule has 0 fully saturated rings. The number of nitrogens with one attached hydrogen (secondary N) is 1. The van der Waals surface area contributed by atoms with Gasteiger partial charge in [-0.2, -0.15) is 0 Å². The van der Waals surface area contributed by atoms with E-state index in [4.69, 9.17) is 15.6 Å². The van der Waals surface area contributed by atoms with E-state index in [1.807, 2.05) is 0 Å². The summed E-state index contributed by atoms with van der Waals surface area (Å²) in [4.78, 5) is 11.3. The third-order valence-corrected chi connectivity index (χ3v) is 2.96. The number of rotatable bonds is 7. The van der Waals surface area contributed by atoms with Crippen LogP contribution in [0, 0.1) is 0 Å². The van der Waals surface area contributed by atoms with Gasteiger partial charge in [0.1, 0.15) is 5.75 Å². The van der Waals surface area contributed by atoms with Crippen LogP contribution in [0.5, 0.6) is 5.75 Å². The van der Waals surface area contributed by atoms with Crippen molar-refractivity contribution in [2.45, 2.75) is 6.42 Å². The SMILES string of the molecule is Nc1ccc(OCCC(=O)NCCS(N)(=O)=O)cc1. The molecule has 0 bridgehead atoms. The van der Waals surface area contributed by atoms with E-state index in [-0.39, 0.29) is 31.2 Å². The summed E-state index contributed by atoms with van der Waals surface area (Å²) in [6.07, 6.45) is 0.134. The van der Waals surface area contributed by atoms with Crippen LogP contribution in [0.1, 0.15) is 6.42 Å². The summed E-state index contributed by atoms with van der Waals surface area (Å²) >= 11 is 0. The predicted octanol–water partition coefficient (Wildman–Crippen LogP) is -0.558. The summed E-state index contributed by atoms with van der Waals surface area (Å²) < 4.78 is 26.6. The van der Waals surface area contributed by atoms with Gasteiger partial charge in [0.25, 0.3) is 0 Å². The molecule has 0 aromatic heterocycles. The van der Waals surface area contributed by atoms with Crippen LogP contribution in [0.4, 0.5) is 5.69 Å². The molecule has 7 nitrogen and oxygen atoms in total. The first kappa shape index (κ1) is 15.3. The number of primary sulfonamides is 1. The number of nitrogens with two attached hydrogens (primary N) is 2. The molecule has 1 rings (SSSR count). The zero-order valence-corrected chi connectivity index (χ0v) is 11.2. The Balaban J connectivity index is 2.18. The van der Waals surface area contributed by atoms with Crippen LogP contribution in [-0.2, 0) is 14.8 Å². The second-order valence-electron chi connectivity index (χ2n) is 3.88. The molecule has 0 radical (unpaired) electrons. The summed E-state index contributed by atoms with van der Waals surface area (Å²) in [5.74, 6) is 0.0445. The van der Waals surface area contributed by atoms with Crippen molar-refractivity contribution in [3.8, 4) is 5.75 Å². The molecule has 1 aromatic rings. The lowest BCUT2D eigenvalue weighted by Crippen LogP contribution is -2.32. The molecule has 0 unspecified atom stereocenters. The van der Waals surface area contributed by atoms with Crippen LogP contribution >= 0.6 is 0 Å². The van der Waals surface area contributed by atoms with E-state index < -0.39 is 10.0 Å². The van der Waals surface area contributed by atoms with Crippen molar-refractivity contribution in [1.82, 2.24) is 5.32 Å². The van der Waals surface area contributed by atoms with Gasteiger partial charge in [0.15, 0.2) is 0 Å². The van der Waals surface area contributed by atoms with Gasteiger partial charge in [0, 0.05) is 12.2 Å². The monoisotopic (exact) mass is 287 g/mol. The lowest BCUT2D eigenvalue weighted by atomic mass is 10.3. The Labute approximate surface area is 112 Å². The van der Waals surface area contributed by atoms with Crippen LogP contribution in [0.2, 0.25) is 0 Å². The lowest BCUT2D eigenvalue weighted by molar-refractivity contribution is -0.121. The number of nitrogen functional groups attached to an aromatic ring is 1. The molecule has 8 heteroatoms. The summed E-state index contributed by atoms with van der Waals surface area (Å²) in [6, 6.07) is 6.80. The number of hydrogen-bond acceptors (Lipinski definition) is 5. The van der Waals surface area contributed by atoms with Crippen molar-refractivity contribution in [3.05, 3.63) is 24.3 Å². The highest BCUT2D eigenvalue weighted by molar-refractivity contribution is 7.89. The van der Waals surface area contributed by atoms with Gasteiger partial charge in [-0.25, -0.2) is 13.6 Å². The van der Waals surface area contributed by atoms with Crippen molar-refractivity contribution >= 4 is 21.6 Å². The number of benzene rings is 1. The Hall–Kier alpha value is -1.80. The first-order valence-electron chi connectivity index (χ1n) is 5.62. The minimum atomic E-state index is -3.55. The van der Waals surface area contributed by atoms with Gasteiger partial charge in [-0.15, -0.1) is 0 Å². The highest BCUT2D eigenvalue weighted by Gasteiger charge is 2.05. The Morgan fingerprint density at radius 3 is 2.47 bits per heavy atom. The highest BCUT2D eigenvalue weighted by atomic mass is 32.2. The molecule has 0 spiro atoms. The molecule has 1 aromatic carbocycles. The predicted molar refractivity (Wildman–Crippen MR) is 72.0 cm³/mol.